The highest BCUT2D eigenvalue weighted by atomic mass is 16.6. The fourth-order valence-corrected chi connectivity index (χ4v) is 1.95. The third kappa shape index (κ3) is 3.78. The molecule has 1 aromatic heterocycles. The molecule has 1 aromatic rings. The maximum absolute atomic E-state index is 5.91. The van der Waals surface area contributed by atoms with Crippen LogP contribution in [0.5, 0.6) is 0 Å². The number of ether oxygens (including phenoxy) is 2. The maximum Gasteiger partial charge on any atom is 0.134 e. The fraction of sp³-hybridized carbons (Fsp3) is 0.692. The Hall–Kier alpha value is -1.40. The van der Waals surface area contributed by atoms with Crippen LogP contribution in [0.25, 0.3) is 0 Å². The van der Waals surface area contributed by atoms with E-state index in [4.69, 9.17) is 15.2 Å². The average Bonchev–Trinajstić information content (AvgIpc) is 2.42. The summed E-state index contributed by atoms with van der Waals surface area (Å²) in [6, 6.07) is 0. The number of rotatable bonds is 5. The number of nitrogens with two attached hydrogens (primary N) is 1. The van der Waals surface area contributed by atoms with Crippen molar-refractivity contribution in [1.82, 2.24) is 9.97 Å². The normalized spacial score (nSPS) is 19.4. The van der Waals surface area contributed by atoms with Crippen LogP contribution in [-0.2, 0) is 15.9 Å². The molecule has 1 atom stereocenters. The Bertz CT molecular complexity index is 419. The first-order chi connectivity index (χ1) is 9.20. The molecule has 0 spiro atoms. The van der Waals surface area contributed by atoms with E-state index in [1.54, 1.807) is 0 Å². The number of nitrogen functional groups attached to an aromatic ring is 1. The summed E-state index contributed by atoms with van der Waals surface area (Å²) >= 11 is 0. The van der Waals surface area contributed by atoms with Gasteiger partial charge in [0.05, 0.1) is 25.9 Å². The predicted molar refractivity (Wildman–Crippen MR) is 74.2 cm³/mol. The Morgan fingerprint density at radius 3 is 2.89 bits per heavy atom. The van der Waals surface area contributed by atoms with E-state index in [1.807, 2.05) is 6.92 Å². The third-order valence-electron chi connectivity index (χ3n) is 3.09. The standard InChI is InChI=1S/C13H22N4O2/c1-3-4-11-16-12(14)9(2)13(17-11)15-7-10-8-18-5-6-19-10/h10H,3-8H2,1-2H3,(H3,14,15,16,17). The van der Waals surface area contributed by atoms with Crippen LogP contribution < -0.4 is 11.1 Å². The van der Waals surface area contributed by atoms with E-state index in [-0.39, 0.29) is 6.10 Å². The highest BCUT2D eigenvalue weighted by molar-refractivity contribution is 5.54. The van der Waals surface area contributed by atoms with E-state index in [0.29, 0.717) is 32.2 Å². The van der Waals surface area contributed by atoms with Gasteiger partial charge in [-0.05, 0) is 13.3 Å². The van der Waals surface area contributed by atoms with Gasteiger partial charge in [-0.3, -0.25) is 0 Å². The van der Waals surface area contributed by atoms with Crippen LogP contribution in [0.2, 0.25) is 0 Å². The van der Waals surface area contributed by atoms with Gasteiger partial charge in [0.15, 0.2) is 0 Å². The molecule has 1 aliphatic rings. The average molecular weight is 266 g/mol. The minimum atomic E-state index is 0.0685. The summed E-state index contributed by atoms with van der Waals surface area (Å²) in [5, 5.41) is 3.29. The molecular formula is C13H22N4O2. The fourth-order valence-electron chi connectivity index (χ4n) is 1.95. The van der Waals surface area contributed by atoms with E-state index in [2.05, 4.69) is 22.2 Å². The minimum Gasteiger partial charge on any atom is -0.383 e. The molecular weight excluding hydrogens is 244 g/mol. The Labute approximate surface area is 113 Å². The van der Waals surface area contributed by atoms with E-state index >= 15 is 0 Å². The lowest BCUT2D eigenvalue weighted by Gasteiger charge is -2.23. The lowest BCUT2D eigenvalue weighted by atomic mass is 10.2. The third-order valence-corrected chi connectivity index (χ3v) is 3.09. The van der Waals surface area contributed by atoms with Crippen molar-refractivity contribution in [2.75, 3.05) is 37.4 Å². The van der Waals surface area contributed by atoms with Gasteiger partial charge in [0.1, 0.15) is 17.5 Å². The quantitative estimate of drug-likeness (QED) is 0.832. The Kier molecular flexibility index (Phi) is 4.93. The van der Waals surface area contributed by atoms with Crippen LogP contribution >= 0.6 is 0 Å². The van der Waals surface area contributed by atoms with E-state index in [0.717, 1.165) is 30.0 Å². The second kappa shape index (κ2) is 6.68. The molecule has 106 valence electrons. The number of hydrogen-bond acceptors (Lipinski definition) is 6. The molecule has 1 aliphatic heterocycles. The maximum atomic E-state index is 5.91. The molecule has 0 saturated carbocycles. The van der Waals surface area contributed by atoms with E-state index in [1.165, 1.54) is 0 Å². The smallest absolute Gasteiger partial charge is 0.134 e. The van der Waals surface area contributed by atoms with Gasteiger partial charge in [-0.25, -0.2) is 9.97 Å². The first-order valence-electron chi connectivity index (χ1n) is 6.77. The first kappa shape index (κ1) is 14.0. The van der Waals surface area contributed by atoms with Crippen LogP contribution in [0.4, 0.5) is 11.6 Å². The van der Waals surface area contributed by atoms with Crippen LogP contribution in [-0.4, -0.2) is 42.4 Å². The molecule has 1 unspecified atom stereocenters. The van der Waals surface area contributed by atoms with Crippen molar-refractivity contribution in [3.05, 3.63) is 11.4 Å². The Morgan fingerprint density at radius 1 is 1.37 bits per heavy atom. The zero-order valence-electron chi connectivity index (χ0n) is 11.6. The molecule has 0 aliphatic carbocycles. The molecule has 0 radical (unpaired) electrons. The molecule has 3 N–H and O–H groups in total. The second-order valence-electron chi connectivity index (χ2n) is 4.70. The topological polar surface area (TPSA) is 82.3 Å². The van der Waals surface area contributed by atoms with E-state index in [9.17, 15) is 0 Å². The zero-order valence-corrected chi connectivity index (χ0v) is 11.6. The molecule has 0 aromatic carbocycles. The number of aryl methyl sites for hydroxylation is 1. The summed E-state index contributed by atoms with van der Waals surface area (Å²) < 4.78 is 10.9. The molecule has 1 fully saturated rings. The SMILES string of the molecule is CCCc1nc(N)c(C)c(NCC2COCCO2)n1. The zero-order chi connectivity index (χ0) is 13.7. The van der Waals surface area contributed by atoms with Gasteiger partial charge < -0.3 is 20.5 Å². The van der Waals surface area contributed by atoms with Crippen molar-refractivity contribution in [2.45, 2.75) is 32.8 Å². The summed E-state index contributed by atoms with van der Waals surface area (Å²) in [5.74, 6) is 2.13. The van der Waals surface area contributed by atoms with Crippen LogP contribution in [0.1, 0.15) is 24.7 Å². The van der Waals surface area contributed by atoms with Crippen molar-refractivity contribution < 1.29 is 9.47 Å². The van der Waals surface area contributed by atoms with Gasteiger partial charge in [0, 0.05) is 18.5 Å². The highest BCUT2D eigenvalue weighted by Crippen LogP contribution is 2.18. The van der Waals surface area contributed by atoms with Gasteiger partial charge in [0.2, 0.25) is 0 Å². The number of anilines is 2. The van der Waals surface area contributed by atoms with Crippen molar-refractivity contribution in [3.8, 4) is 0 Å². The molecule has 2 heterocycles. The van der Waals surface area contributed by atoms with E-state index < -0.39 is 0 Å². The summed E-state index contributed by atoms with van der Waals surface area (Å²) in [7, 11) is 0. The second-order valence-corrected chi connectivity index (χ2v) is 4.70. The molecule has 0 amide bonds. The van der Waals surface area contributed by atoms with Crippen LogP contribution in [0.3, 0.4) is 0 Å². The number of hydrogen-bond donors (Lipinski definition) is 2. The molecule has 6 heteroatoms. The first-order valence-corrected chi connectivity index (χ1v) is 6.77. The summed E-state index contributed by atoms with van der Waals surface area (Å²) in [4.78, 5) is 8.80. The minimum absolute atomic E-state index is 0.0685. The van der Waals surface area contributed by atoms with Gasteiger partial charge in [0.25, 0.3) is 0 Å². The Balaban J connectivity index is 2.01. The van der Waals surface area contributed by atoms with Crippen molar-refractivity contribution in [1.29, 1.82) is 0 Å². The number of nitrogens with one attached hydrogen (secondary N) is 1. The molecule has 0 bridgehead atoms. The monoisotopic (exact) mass is 266 g/mol. The predicted octanol–water partition coefficient (Wildman–Crippen LogP) is 1.15. The molecule has 1 saturated heterocycles. The summed E-state index contributed by atoms with van der Waals surface area (Å²) in [6.45, 7) is 6.64. The van der Waals surface area contributed by atoms with Gasteiger partial charge >= 0.3 is 0 Å². The number of nitrogens with zero attached hydrogens (tertiary/aromatic N) is 2. The molecule has 6 nitrogen and oxygen atoms in total. The van der Waals surface area contributed by atoms with Crippen LogP contribution in [0.15, 0.2) is 0 Å². The lowest BCUT2D eigenvalue weighted by molar-refractivity contribution is -0.0819. The lowest BCUT2D eigenvalue weighted by Crippen LogP contribution is -2.34. The van der Waals surface area contributed by atoms with Gasteiger partial charge in [-0.2, -0.15) is 0 Å². The number of aromatic nitrogens is 2. The van der Waals surface area contributed by atoms with Gasteiger partial charge in [-0.15, -0.1) is 0 Å². The Morgan fingerprint density at radius 2 is 2.21 bits per heavy atom. The molecule has 19 heavy (non-hydrogen) atoms. The highest BCUT2D eigenvalue weighted by Gasteiger charge is 2.15. The molecule has 2 rings (SSSR count). The largest absolute Gasteiger partial charge is 0.383 e. The van der Waals surface area contributed by atoms with Crippen molar-refractivity contribution in [3.63, 3.8) is 0 Å². The van der Waals surface area contributed by atoms with Gasteiger partial charge in [-0.1, -0.05) is 6.92 Å². The summed E-state index contributed by atoms with van der Waals surface area (Å²) in [6.07, 6.45) is 1.91. The van der Waals surface area contributed by atoms with Crippen LogP contribution in [0, 0.1) is 6.92 Å². The van der Waals surface area contributed by atoms with Crippen molar-refractivity contribution >= 4 is 11.6 Å². The van der Waals surface area contributed by atoms with Crippen molar-refractivity contribution in [2.24, 2.45) is 0 Å². The summed E-state index contributed by atoms with van der Waals surface area (Å²) in [5.41, 5.74) is 6.80.